The fourth-order valence-corrected chi connectivity index (χ4v) is 3.47. The van der Waals surface area contributed by atoms with E-state index in [4.69, 9.17) is 16.3 Å². The van der Waals surface area contributed by atoms with Gasteiger partial charge in [-0.2, -0.15) is 0 Å². The zero-order valence-corrected chi connectivity index (χ0v) is 16.5. The first-order chi connectivity index (χ1) is 13.4. The number of rotatable bonds is 7. The molecule has 0 bridgehead atoms. The molecule has 1 heterocycles. The Morgan fingerprint density at radius 1 is 1.18 bits per heavy atom. The van der Waals surface area contributed by atoms with E-state index in [1.165, 1.54) is 29.8 Å². The number of nitro benzene ring substituents is 1. The third-order valence-corrected chi connectivity index (χ3v) is 5.08. The Balaban J connectivity index is 1.44. The number of halogens is 1. The molecule has 2 aromatic rings. The van der Waals surface area contributed by atoms with E-state index >= 15 is 0 Å². The standard InChI is InChI=1S/C20H24ClN3O4/c1-15-2-3-16(21)12-20(15)23-10-8-22(9-11-23)13-18(25)14-28-19-6-4-17(5-7-19)24(26)27/h2-7,12,18,25H,8-11,13-14H2,1H3. The molecule has 0 aliphatic carbocycles. The topological polar surface area (TPSA) is 79.1 Å². The molecular weight excluding hydrogens is 382 g/mol. The first kappa shape index (κ1) is 20.4. The van der Waals surface area contributed by atoms with Gasteiger partial charge in [0.1, 0.15) is 18.5 Å². The van der Waals surface area contributed by atoms with Crippen LogP contribution in [-0.4, -0.2) is 60.4 Å². The number of anilines is 1. The summed E-state index contributed by atoms with van der Waals surface area (Å²) in [5.74, 6) is 0.505. The molecule has 28 heavy (non-hydrogen) atoms. The van der Waals surface area contributed by atoms with Crippen LogP contribution in [0.1, 0.15) is 5.56 Å². The fourth-order valence-electron chi connectivity index (χ4n) is 3.30. The van der Waals surface area contributed by atoms with Crippen molar-refractivity contribution < 1.29 is 14.8 Å². The number of nitrogens with zero attached hydrogens (tertiary/aromatic N) is 3. The number of β-amino-alcohol motifs (C(OH)–C–C–N with tert-alkyl or cyclic N) is 1. The van der Waals surface area contributed by atoms with Gasteiger partial charge in [0.15, 0.2) is 0 Å². The highest BCUT2D eigenvalue weighted by Crippen LogP contribution is 2.25. The minimum Gasteiger partial charge on any atom is -0.491 e. The maximum Gasteiger partial charge on any atom is 0.269 e. The minimum absolute atomic E-state index is 0.0145. The first-order valence-corrected chi connectivity index (χ1v) is 9.59. The molecule has 8 heteroatoms. The molecule has 1 aliphatic rings. The molecule has 1 aliphatic heterocycles. The molecule has 1 unspecified atom stereocenters. The van der Waals surface area contributed by atoms with Crippen molar-refractivity contribution in [2.75, 3.05) is 44.2 Å². The van der Waals surface area contributed by atoms with Gasteiger partial charge in [0.25, 0.3) is 5.69 Å². The minimum atomic E-state index is -0.630. The second-order valence-corrected chi connectivity index (χ2v) is 7.37. The van der Waals surface area contributed by atoms with E-state index in [2.05, 4.69) is 16.7 Å². The molecule has 0 spiro atoms. The van der Waals surface area contributed by atoms with Gasteiger partial charge in [-0.1, -0.05) is 17.7 Å². The van der Waals surface area contributed by atoms with Gasteiger partial charge < -0.3 is 14.7 Å². The lowest BCUT2D eigenvalue weighted by atomic mass is 10.1. The molecule has 0 aromatic heterocycles. The molecule has 3 rings (SSSR count). The van der Waals surface area contributed by atoms with Crippen molar-refractivity contribution in [1.29, 1.82) is 0 Å². The second-order valence-electron chi connectivity index (χ2n) is 6.93. The van der Waals surface area contributed by atoms with Gasteiger partial charge in [0.2, 0.25) is 0 Å². The number of hydrogen-bond acceptors (Lipinski definition) is 6. The Morgan fingerprint density at radius 2 is 1.86 bits per heavy atom. The van der Waals surface area contributed by atoms with Crippen molar-refractivity contribution in [3.63, 3.8) is 0 Å². The van der Waals surface area contributed by atoms with Crippen LogP contribution < -0.4 is 9.64 Å². The number of hydrogen-bond donors (Lipinski definition) is 1. The quantitative estimate of drug-likeness (QED) is 0.563. The summed E-state index contributed by atoms with van der Waals surface area (Å²) >= 11 is 6.13. The molecular formula is C20H24ClN3O4. The second kappa shape index (κ2) is 9.23. The Morgan fingerprint density at radius 3 is 2.50 bits per heavy atom. The molecule has 150 valence electrons. The monoisotopic (exact) mass is 405 g/mol. The van der Waals surface area contributed by atoms with Crippen molar-refractivity contribution in [3.05, 3.63) is 63.2 Å². The number of nitro groups is 1. The van der Waals surface area contributed by atoms with Crippen molar-refractivity contribution in [2.45, 2.75) is 13.0 Å². The van der Waals surface area contributed by atoms with Gasteiger partial charge >= 0.3 is 0 Å². The molecule has 1 fully saturated rings. The summed E-state index contributed by atoms with van der Waals surface area (Å²) in [6, 6.07) is 11.8. The Labute approximate surface area is 169 Å². The van der Waals surface area contributed by atoms with E-state index in [0.717, 1.165) is 36.9 Å². The van der Waals surface area contributed by atoms with E-state index in [-0.39, 0.29) is 12.3 Å². The first-order valence-electron chi connectivity index (χ1n) is 9.21. The number of non-ortho nitro benzene ring substituents is 1. The fraction of sp³-hybridized carbons (Fsp3) is 0.400. The lowest BCUT2D eigenvalue weighted by Gasteiger charge is -2.37. The van der Waals surface area contributed by atoms with Crippen LogP contribution in [0.4, 0.5) is 11.4 Å². The summed E-state index contributed by atoms with van der Waals surface area (Å²) < 4.78 is 5.54. The molecule has 0 amide bonds. The Hall–Kier alpha value is -2.35. The highest BCUT2D eigenvalue weighted by atomic mass is 35.5. The Bertz CT molecular complexity index is 808. The van der Waals surface area contributed by atoms with Crippen LogP contribution in [0.15, 0.2) is 42.5 Å². The smallest absolute Gasteiger partial charge is 0.269 e. The summed E-state index contributed by atoms with van der Waals surface area (Å²) in [6.45, 7) is 6.19. The van der Waals surface area contributed by atoms with Crippen molar-refractivity contribution >= 4 is 23.0 Å². The summed E-state index contributed by atoms with van der Waals surface area (Å²) in [6.07, 6.45) is -0.630. The van der Waals surface area contributed by atoms with E-state index < -0.39 is 11.0 Å². The van der Waals surface area contributed by atoms with Crippen molar-refractivity contribution in [3.8, 4) is 5.75 Å². The van der Waals surface area contributed by atoms with Gasteiger partial charge in [-0.05, 0) is 36.8 Å². The van der Waals surface area contributed by atoms with E-state index in [9.17, 15) is 15.2 Å². The molecule has 0 saturated carbocycles. The van der Waals surface area contributed by atoms with Crippen LogP contribution in [0.3, 0.4) is 0 Å². The van der Waals surface area contributed by atoms with Crippen LogP contribution >= 0.6 is 11.6 Å². The van der Waals surface area contributed by atoms with Crippen LogP contribution in [0.2, 0.25) is 5.02 Å². The largest absolute Gasteiger partial charge is 0.491 e. The summed E-state index contributed by atoms with van der Waals surface area (Å²) in [5, 5.41) is 21.7. The number of aryl methyl sites for hydroxylation is 1. The lowest BCUT2D eigenvalue weighted by Crippen LogP contribution is -2.49. The molecule has 1 saturated heterocycles. The third-order valence-electron chi connectivity index (χ3n) is 4.84. The van der Waals surface area contributed by atoms with Gasteiger partial charge in [-0.25, -0.2) is 0 Å². The lowest BCUT2D eigenvalue weighted by molar-refractivity contribution is -0.384. The average molecular weight is 406 g/mol. The average Bonchev–Trinajstić information content (AvgIpc) is 2.69. The molecule has 1 N–H and O–H groups in total. The molecule has 2 aromatic carbocycles. The highest BCUT2D eigenvalue weighted by molar-refractivity contribution is 6.30. The van der Waals surface area contributed by atoms with Crippen LogP contribution in [0, 0.1) is 17.0 Å². The van der Waals surface area contributed by atoms with Crippen LogP contribution in [-0.2, 0) is 0 Å². The highest BCUT2D eigenvalue weighted by Gasteiger charge is 2.21. The summed E-state index contributed by atoms with van der Waals surface area (Å²) in [5.41, 5.74) is 2.38. The predicted molar refractivity (Wildman–Crippen MR) is 109 cm³/mol. The van der Waals surface area contributed by atoms with Crippen molar-refractivity contribution in [1.82, 2.24) is 4.90 Å². The third kappa shape index (κ3) is 5.34. The van der Waals surface area contributed by atoms with Gasteiger partial charge in [-0.15, -0.1) is 0 Å². The van der Waals surface area contributed by atoms with Crippen LogP contribution in [0.25, 0.3) is 0 Å². The number of piperazine rings is 1. The van der Waals surface area contributed by atoms with Crippen LogP contribution in [0.5, 0.6) is 5.75 Å². The maximum absolute atomic E-state index is 10.7. The molecule has 0 radical (unpaired) electrons. The number of aliphatic hydroxyl groups is 1. The zero-order valence-electron chi connectivity index (χ0n) is 15.8. The maximum atomic E-state index is 10.7. The van der Waals surface area contributed by atoms with E-state index in [0.29, 0.717) is 12.3 Å². The zero-order chi connectivity index (χ0) is 20.1. The summed E-state index contributed by atoms with van der Waals surface area (Å²) in [7, 11) is 0. The summed E-state index contributed by atoms with van der Waals surface area (Å²) in [4.78, 5) is 14.7. The number of aliphatic hydroxyl groups excluding tert-OH is 1. The van der Waals surface area contributed by atoms with E-state index in [1.807, 2.05) is 18.2 Å². The van der Waals surface area contributed by atoms with Gasteiger partial charge in [0.05, 0.1) is 4.92 Å². The molecule has 1 atom stereocenters. The number of ether oxygens (including phenoxy) is 1. The van der Waals surface area contributed by atoms with E-state index in [1.54, 1.807) is 0 Å². The normalized spacial score (nSPS) is 16.0. The van der Waals surface area contributed by atoms with Crippen molar-refractivity contribution in [2.24, 2.45) is 0 Å². The van der Waals surface area contributed by atoms with Gasteiger partial charge in [-0.3, -0.25) is 15.0 Å². The number of benzene rings is 2. The predicted octanol–water partition coefficient (Wildman–Crippen LogP) is 3.12. The van der Waals surface area contributed by atoms with Gasteiger partial charge in [0, 0.05) is 55.6 Å². The SMILES string of the molecule is Cc1ccc(Cl)cc1N1CCN(CC(O)COc2ccc([N+](=O)[O-])cc2)CC1. The molecule has 7 nitrogen and oxygen atoms in total. The Kier molecular flexibility index (Phi) is 6.72.